The number of ether oxygens (including phenoxy) is 2. The van der Waals surface area contributed by atoms with Crippen molar-refractivity contribution < 1.29 is 37.0 Å². The normalized spacial score (nSPS) is 26.4. The molecule has 2 aliphatic carbocycles. The number of anilines is 2. The number of halogens is 4. The molecule has 0 radical (unpaired) electrons. The van der Waals surface area contributed by atoms with Gasteiger partial charge >= 0.3 is 11.0 Å². The Hall–Kier alpha value is -4.27. The fourth-order valence-electron chi connectivity index (χ4n) is 8.35. The van der Waals surface area contributed by atoms with E-state index in [2.05, 4.69) is 10.3 Å². The number of H-pyrrole nitrogens is 1. The van der Waals surface area contributed by atoms with Crippen LogP contribution in [0.5, 0.6) is 11.5 Å². The molecule has 2 aliphatic heterocycles. The molecule has 2 N–H and O–H groups in total. The quantitative estimate of drug-likeness (QED) is 0.200. The molecule has 0 unspecified atom stereocenters. The van der Waals surface area contributed by atoms with Crippen LogP contribution in [-0.4, -0.2) is 41.7 Å². The van der Waals surface area contributed by atoms with Crippen LogP contribution in [0.25, 0.3) is 0 Å². The SMILES string of the molecule is COc1ccc(NC(=O)COc2ccc(Cl)cc2[C@@H]2c3sc(=O)[nH]c3S[C@@H]3[C@@H]4C[C@@H]([C@@H]5C(=O)N(c6cccc(C(F)(F)F)c6)C(=O)[C@@H]45)[C@H]23)cc1. The first-order valence-electron chi connectivity index (χ1n) is 15.7. The summed E-state index contributed by atoms with van der Waals surface area (Å²) in [4.78, 5) is 58.0. The van der Waals surface area contributed by atoms with Crippen molar-refractivity contribution >= 4 is 63.8 Å². The zero-order chi connectivity index (χ0) is 35.1. The van der Waals surface area contributed by atoms with E-state index in [9.17, 15) is 32.3 Å². The molecule has 1 saturated heterocycles. The fourth-order valence-corrected chi connectivity index (χ4v) is 11.4. The van der Waals surface area contributed by atoms with Crippen LogP contribution in [0.1, 0.15) is 28.3 Å². The molecule has 3 heterocycles. The van der Waals surface area contributed by atoms with Gasteiger partial charge in [-0.05, 0) is 84.8 Å². The van der Waals surface area contributed by atoms with Crippen molar-refractivity contribution in [1.29, 1.82) is 0 Å². The highest BCUT2D eigenvalue weighted by atomic mass is 35.5. The van der Waals surface area contributed by atoms with Crippen LogP contribution in [0.2, 0.25) is 5.02 Å². The number of thioether (sulfide) groups is 1. The maximum atomic E-state index is 14.1. The van der Waals surface area contributed by atoms with Crippen molar-refractivity contribution in [2.75, 3.05) is 23.9 Å². The molecule has 1 aromatic heterocycles. The monoisotopic (exact) mass is 741 g/mol. The van der Waals surface area contributed by atoms with E-state index in [1.807, 2.05) is 0 Å². The number of imide groups is 1. The molecular formula is C35H27ClF3N3O6S2. The number of benzene rings is 3. The summed E-state index contributed by atoms with van der Waals surface area (Å²) in [6.07, 6.45) is -4.07. The number of aromatic amines is 1. The maximum Gasteiger partial charge on any atom is 0.416 e. The molecule has 0 spiro atoms. The van der Waals surface area contributed by atoms with Gasteiger partial charge in [0.25, 0.3) is 5.91 Å². The number of hydrogen-bond donors (Lipinski definition) is 2. The lowest BCUT2D eigenvalue weighted by Gasteiger charge is -2.43. The number of hydrogen-bond acceptors (Lipinski definition) is 8. The molecule has 8 rings (SSSR count). The Balaban J connectivity index is 1.12. The molecule has 2 saturated carbocycles. The van der Waals surface area contributed by atoms with Crippen molar-refractivity contribution in [2.24, 2.45) is 29.6 Å². The Bertz CT molecular complexity index is 2100. The van der Waals surface area contributed by atoms with Crippen molar-refractivity contribution in [3.05, 3.63) is 97.4 Å². The number of nitrogens with zero attached hydrogens (tertiary/aromatic N) is 1. The summed E-state index contributed by atoms with van der Waals surface area (Å²) < 4.78 is 52.0. The van der Waals surface area contributed by atoms with E-state index in [4.69, 9.17) is 21.1 Å². The minimum atomic E-state index is -4.64. The van der Waals surface area contributed by atoms with Gasteiger partial charge in [0.2, 0.25) is 11.8 Å². The topological polar surface area (TPSA) is 118 Å². The van der Waals surface area contributed by atoms with Crippen LogP contribution < -0.4 is 24.6 Å². The second kappa shape index (κ2) is 12.2. The maximum absolute atomic E-state index is 14.1. The van der Waals surface area contributed by atoms with Gasteiger partial charge in [-0.1, -0.05) is 29.0 Å². The van der Waals surface area contributed by atoms with Gasteiger partial charge in [0, 0.05) is 32.3 Å². The molecule has 50 heavy (non-hydrogen) atoms. The Morgan fingerprint density at radius 1 is 1.02 bits per heavy atom. The molecule has 9 nitrogen and oxygen atoms in total. The van der Waals surface area contributed by atoms with Crippen molar-refractivity contribution in [3.63, 3.8) is 0 Å². The number of carbonyl (C=O) groups is 3. The second-order valence-corrected chi connectivity index (χ2v) is 15.4. The first kappa shape index (κ1) is 32.9. The van der Waals surface area contributed by atoms with Gasteiger partial charge in [-0.25, -0.2) is 0 Å². The van der Waals surface area contributed by atoms with Gasteiger partial charge in [0.15, 0.2) is 6.61 Å². The minimum absolute atomic E-state index is 0.0994. The number of thiazole rings is 1. The summed E-state index contributed by atoms with van der Waals surface area (Å²) >= 11 is 9.07. The van der Waals surface area contributed by atoms with Gasteiger partial charge < -0.3 is 19.8 Å². The lowest BCUT2D eigenvalue weighted by Crippen LogP contribution is -2.42. The van der Waals surface area contributed by atoms with E-state index in [1.54, 1.807) is 49.6 Å². The van der Waals surface area contributed by atoms with Crippen LogP contribution in [0.3, 0.4) is 0 Å². The van der Waals surface area contributed by atoms with Crippen LogP contribution in [0.15, 0.2) is 76.6 Å². The summed E-state index contributed by atoms with van der Waals surface area (Å²) in [5.41, 5.74) is 0.144. The number of alkyl halides is 3. The molecule has 4 aliphatic rings. The second-order valence-electron chi connectivity index (χ2n) is 12.8. The summed E-state index contributed by atoms with van der Waals surface area (Å²) in [5.74, 6) is -3.12. The average molecular weight is 742 g/mol. The van der Waals surface area contributed by atoms with Gasteiger partial charge in [-0.2, -0.15) is 13.2 Å². The fraction of sp³-hybridized carbons (Fsp3) is 0.314. The summed E-state index contributed by atoms with van der Waals surface area (Å²) in [7, 11) is 1.54. The van der Waals surface area contributed by atoms with Crippen LogP contribution in [-0.2, 0) is 20.6 Å². The van der Waals surface area contributed by atoms with Crippen molar-refractivity contribution in [2.45, 2.75) is 28.8 Å². The number of rotatable bonds is 7. The summed E-state index contributed by atoms with van der Waals surface area (Å²) in [5, 5.41) is 3.66. The molecule has 7 atom stereocenters. The lowest BCUT2D eigenvalue weighted by molar-refractivity contribution is -0.137. The highest BCUT2D eigenvalue weighted by Gasteiger charge is 2.70. The number of aromatic nitrogens is 1. The first-order chi connectivity index (χ1) is 23.9. The first-order valence-corrected chi connectivity index (χ1v) is 17.8. The Labute approximate surface area is 296 Å². The number of carbonyl (C=O) groups excluding carboxylic acids is 3. The molecule has 4 aromatic rings. The highest BCUT2D eigenvalue weighted by Crippen LogP contribution is 2.69. The Kier molecular flexibility index (Phi) is 8.03. The van der Waals surface area contributed by atoms with Gasteiger partial charge in [0.05, 0.1) is 35.2 Å². The van der Waals surface area contributed by atoms with Gasteiger partial charge in [-0.15, -0.1) is 11.8 Å². The van der Waals surface area contributed by atoms with E-state index in [-0.39, 0.29) is 40.2 Å². The number of fused-ring (bicyclic) bond motifs is 9. The number of methoxy groups -OCH3 is 1. The predicted octanol–water partition coefficient (Wildman–Crippen LogP) is 6.81. The molecule has 3 fully saturated rings. The lowest BCUT2D eigenvalue weighted by atomic mass is 9.68. The van der Waals surface area contributed by atoms with Gasteiger partial charge in [0.1, 0.15) is 11.5 Å². The van der Waals surface area contributed by atoms with E-state index in [0.717, 1.165) is 33.2 Å². The third-order valence-corrected chi connectivity index (χ3v) is 13.0. The van der Waals surface area contributed by atoms with Crippen LogP contribution >= 0.6 is 34.7 Å². The smallest absolute Gasteiger partial charge is 0.416 e. The Morgan fingerprint density at radius 2 is 1.76 bits per heavy atom. The van der Waals surface area contributed by atoms with E-state index in [1.165, 1.54) is 23.9 Å². The largest absolute Gasteiger partial charge is 0.497 e. The number of amides is 3. The van der Waals surface area contributed by atoms with Crippen LogP contribution in [0, 0.1) is 29.6 Å². The summed E-state index contributed by atoms with van der Waals surface area (Å²) in [6, 6.07) is 16.2. The number of nitrogens with one attached hydrogen (secondary N) is 2. The Morgan fingerprint density at radius 3 is 2.48 bits per heavy atom. The summed E-state index contributed by atoms with van der Waals surface area (Å²) in [6.45, 7) is -0.331. The zero-order valence-electron chi connectivity index (χ0n) is 26.0. The van der Waals surface area contributed by atoms with E-state index < -0.39 is 47.2 Å². The molecule has 15 heteroatoms. The zero-order valence-corrected chi connectivity index (χ0v) is 28.4. The third kappa shape index (κ3) is 5.39. The van der Waals surface area contributed by atoms with Gasteiger partial charge in [-0.3, -0.25) is 24.1 Å². The van der Waals surface area contributed by atoms with E-state index in [0.29, 0.717) is 39.2 Å². The minimum Gasteiger partial charge on any atom is -0.497 e. The third-order valence-electron chi connectivity index (χ3n) is 10.2. The highest BCUT2D eigenvalue weighted by molar-refractivity contribution is 8.00. The molecule has 258 valence electrons. The molecular weight excluding hydrogens is 715 g/mol. The van der Waals surface area contributed by atoms with Crippen molar-refractivity contribution in [3.8, 4) is 11.5 Å². The van der Waals surface area contributed by atoms with E-state index >= 15 is 0 Å². The standard InChI is InChI=1S/C35H27ClF3N3O6S2/c1-47-19-8-6-17(7-9-19)40-24(43)14-48-23-10-5-16(36)12-20(23)25-26-21-13-22(29(26)49-31-30(25)50-34(46)41-31)28-27(21)32(44)42(33(28)45)18-4-2-3-15(11-18)35(37,38)39/h2-12,21-22,25-29H,13-14H2,1H3,(H,40,43)(H,41,46)/t21-,22-,25+,26-,27+,28+,29-/m1/s1. The predicted molar refractivity (Wildman–Crippen MR) is 181 cm³/mol. The molecule has 3 aromatic carbocycles. The van der Waals surface area contributed by atoms with Crippen LogP contribution in [0.4, 0.5) is 24.5 Å². The molecule has 3 amide bonds. The van der Waals surface area contributed by atoms with Crippen molar-refractivity contribution in [1.82, 2.24) is 4.98 Å². The average Bonchev–Trinajstić information content (AvgIpc) is 3.82. The molecule has 2 bridgehead atoms.